The maximum absolute atomic E-state index is 7.66. The molecule has 0 aromatic heterocycles. The summed E-state index contributed by atoms with van der Waals surface area (Å²) in [5, 5.41) is 0. The molecule has 0 aliphatic carbocycles. The highest BCUT2D eigenvalue weighted by molar-refractivity contribution is 8.00. The lowest BCUT2D eigenvalue weighted by molar-refractivity contribution is 0.486. The Morgan fingerprint density at radius 1 is 0.293 bits per heavy atom. The Kier molecular flexibility index (Phi) is 13.9. The molecular formula is C86H82B2N2OS. The van der Waals surface area contributed by atoms with Gasteiger partial charge in [0.15, 0.2) is 0 Å². The van der Waals surface area contributed by atoms with E-state index in [-0.39, 0.29) is 40.5 Å². The maximum Gasteiger partial charge on any atom is 0.256 e. The third kappa shape index (κ3) is 10.1. The van der Waals surface area contributed by atoms with Crippen LogP contribution in [0.3, 0.4) is 0 Å². The molecule has 11 aromatic rings. The number of hydrogen-bond acceptors (Lipinski definition) is 4. The summed E-state index contributed by atoms with van der Waals surface area (Å²) in [6.07, 6.45) is 0. The van der Waals surface area contributed by atoms with Crippen molar-refractivity contribution in [2.45, 2.75) is 141 Å². The molecular weight excluding hydrogens is 1130 g/mol. The quantitative estimate of drug-likeness (QED) is 0.154. The summed E-state index contributed by atoms with van der Waals surface area (Å²) < 4.78 is 7.66. The van der Waals surface area contributed by atoms with E-state index >= 15 is 0 Å². The highest BCUT2D eigenvalue weighted by Crippen LogP contribution is 2.52. The fraction of sp³-hybridized carbons (Fsp3) is 0.233. The van der Waals surface area contributed by atoms with Crippen molar-refractivity contribution >= 4 is 92.1 Å². The van der Waals surface area contributed by atoms with Gasteiger partial charge in [-0.05, 0) is 170 Å². The van der Waals surface area contributed by atoms with Crippen molar-refractivity contribution < 1.29 is 4.74 Å². The van der Waals surface area contributed by atoms with Gasteiger partial charge >= 0.3 is 0 Å². The molecule has 3 nitrogen and oxygen atoms in total. The fourth-order valence-electron chi connectivity index (χ4n) is 14.7. The number of para-hydroxylation sites is 1. The summed E-state index contributed by atoms with van der Waals surface area (Å²) >= 11 is 1.91. The predicted octanol–water partition coefficient (Wildman–Crippen LogP) is 20.0. The average Bonchev–Trinajstić information content (AvgIpc) is 0.698. The largest absolute Gasteiger partial charge is 0.458 e. The Labute approximate surface area is 552 Å². The Bertz CT molecular complexity index is 4690. The average molecular weight is 1210 g/mol. The molecule has 0 N–H and O–H groups in total. The molecule has 6 heteroatoms. The van der Waals surface area contributed by atoms with E-state index in [1.165, 1.54) is 132 Å². The summed E-state index contributed by atoms with van der Waals surface area (Å²) in [4.78, 5) is 7.70. The van der Waals surface area contributed by atoms with Crippen LogP contribution < -0.4 is 47.3 Å². The number of rotatable bonds is 6. The van der Waals surface area contributed by atoms with Gasteiger partial charge in [0.1, 0.15) is 11.5 Å². The van der Waals surface area contributed by atoms with Gasteiger partial charge in [-0.15, -0.1) is 0 Å². The molecule has 4 aliphatic heterocycles. The SMILES string of the molecule is CC(C)(C)c1ccc(-c2cc3c4c(c2)N(c2ccc(C(C)(C)C)cc2)c2cc(C(C)(C)C)ccc2B4c2cc4c(cc2O3)Sc2cc(-c3ccc(C(C)(C)C)cc3)cc3c2B4c2ccc(C(C)(C)C)cc2N3c2c(-c3ccccc3)cccc2-c2ccccc2)cc1. The van der Waals surface area contributed by atoms with Gasteiger partial charge in [-0.1, -0.05) is 291 Å². The van der Waals surface area contributed by atoms with Crippen molar-refractivity contribution in [2.75, 3.05) is 9.80 Å². The Balaban J connectivity index is 1.00. The molecule has 92 heavy (non-hydrogen) atoms. The molecule has 0 radical (unpaired) electrons. The van der Waals surface area contributed by atoms with Crippen LogP contribution in [0.5, 0.6) is 11.5 Å². The van der Waals surface area contributed by atoms with Crippen molar-refractivity contribution in [3.05, 3.63) is 252 Å². The van der Waals surface area contributed by atoms with E-state index in [4.69, 9.17) is 4.74 Å². The highest BCUT2D eigenvalue weighted by atomic mass is 32.2. The van der Waals surface area contributed by atoms with E-state index in [2.05, 4.69) is 338 Å². The standard InChI is InChI=1S/C86H82B2N2OS/c1-82(2,3)59-33-29-53(30-34-59)57-45-73-79-76(47-57)91-75-52-77-70(51-69(75)87(79)67-43-39-62(85(10,11)12)49-71(67)89(73)64-41-37-61(38-42-64)84(7,8)9)88-68-44-40-63(86(13,14)15)50-72(68)90(74-46-58(48-78(92-77)80(74)88)54-31-35-60(36-32-54)83(4,5)6)81-65(55-23-18-16-19-24-55)27-22-28-66(81)56-25-20-17-21-26-56/h16-52H,1-15H3. The second kappa shape index (κ2) is 21.4. The molecule has 0 saturated heterocycles. The van der Waals surface area contributed by atoms with Crippen LogP contribution in [-0.2, 0) is 27.1 Å². The van der Waals surface area contributed by atoms with Crippen LogP contribution in [0.15, 0.2) is 234 Å². The third-order valence-corrected chi connectivity index (χ3v) is 21.1. The monoisotopic (exact) mass is 1210 g/mol. The van der Waals surface area contributed by atoms with Crippen molar-refractivity contribution in [3.8, 4) is 56.0 Å². The topological polar surface area (TPSA) is 15.7 Å². The van der Waals surface area contributed by atoms with E-state index in [1.54, 1.807) is 0 Å². The zero-order valence-corrected chi connectivity index (χ0v) is 57.0. The zero-order chi connectivity index (χ0) is 64.1. The predicted molar refractivity (Wildman–Crippen MR) is 397 cm³/mol. The van der Waals surface area contributed by atoms with Crippen LogP contribution in [0.25, 0.3) is 44.5 Å². The Hall–Kier alpha value is -8.70. The molecule has 0 amide bonds. The fourth-order valence-corrected chi connectivity index (χ4v) is 15.9. The van der Waals surface area contributed by atoms with E-state index in [0.717, 1.165) is 28.4 Å². The van der Waals surface area contributed by atoms with Crippen molar-refractivity contribution in [1.29, 1.82) is 0 Å². The molecule has 0 bridgehead atoms. The smallest absolute Gasteiger partial charge is 0.256 e. The van der Waals surface area contributed by atoms with Crippen LogP contribution >= 0.6 is 11.8 Å². The van der Waals surface area contributed by atoms with Crippen LogP contribution in [-0.4, -0.2) is 13.4 Å². The van der Waals surface area contributed by atoms with Gasteiger partial charge < -0.3 is 14.5 Å². The van der Waals surface area contributed by atoms with Gasteiger partial charge in [-0.25, -0.2) is 0 Å². The summed E-state index contributed by atoms with van der Waals surface area (Å²) in [6.45, 7) is 34.5. The van der Waals surface area contributed by atoms with Crippen molar-refractivity contribution in [3.63, 3.8) is 0 Å². The first-order chi connectivity index (χ1) is 43.8. The molecule has 4 heterocycles. The van der Waals surface area contributed by atoms with E-state index in [0.29, 0.717) is 0 Å². The molecule has 0 spiro atoms. The molecule has 11 aromatic carbocycles. The van der Waals surface area contributed by atoms with Gasteiger partial charge in [-0.3, -0.25) is 0 Å². The maximum atomic E-state index is 7.66. The third-order valence-electron chi connectivity index (χ3n) is 20.0. The molecule has 4 aliphatic rings. The molecule has 0 fully saturated rings. The second-order valence-corrected chi connectivity index (χ2v) is 32.5. The van der Waals surface area contributed by atoms with Crippen molar-refractivity contribution in [2.24, 2.45) is 0 Å². The van der Waals surface area contributed by atoms with Gasteiger partial charge in [0.2, 0.25) is 6.71 Å². The number of anilines is 6. The number of fused-ring (bicyclic) bond motifs is 8. The van der Waals surface area contributed by atoms with Crippen LogP contribution in [0.2, 0.25) is 0 Å². The first-order valence-electron chi connectivity index (χ1n) is 33.1. The van der Waals surface area contributed by atoms with Gasteiger partial charge in [0, 0.05) is 49.4 Å². The molecule has 0 saturated carbocycles. The first kappa shape index (κ1) is 59.6. The van der Waals surface area contributed by atoms with Gasteiger partial charge in [-0.2, -0.15) is 0 Å². The number of hydrogen-bond donors (Lipinski definition) is 0. The van der Waals surface area contributed by atoms with Gasteiger partial charge in [0.05, 0.1) is 5.69 Å². The molecule has 0 atom stereocenters. The van der Waals surface area contributed by atoms with E-state index in [9.17, 15) is 0 Å². The molecule has 15 rings (SSSR count). The Morgan fingerprint density at radius 2 is 0.728 bits per heavy atom. The first-order valence-corrected chi connectivity index (χ1v) is 33.9. The minimum Gasteiger partial charge on any atom is -0.458 e. The van der Waals surface area contributed by atoms with Gasteiger partial charge in [0.25, 0.3) is 6.71 Å². The van der Waals surface area contributed by atoms with Crippen molar-refractivity contribution in [1.82, 2.24) is 0 Å². The summed E-state index contributed by atoms with van der Waals surface area (Å²) in [5.41, 5.74) is 30.5. The van der Waals surface area contributed by atoms with Crippen LogP contribution in [0.1, 0.15) is 132 Å². The van der Waals surface area contributed by atoms with E-state index in [1.807, 2.05) is 11.8 Å². The minimum absolute atomic E-state index is 0.00180. The number of benzene rings is 11. The van der Waals surface area contributed by atoms with E-state index < -0.39 is 0 Å². The highest BCUT2D eigenvalue weighted by Gasteiger charge is 2.47. The Morgan fingerprint density at radius 3 is 1.22 bits per heavy atom. The lowest BCUT2D eigenvalue weighted by Crippen LogP contribution is -2.63. The lowest BCUT2D eigenvalue weighted by atomic mass is 9.31. The van der Waals surface area contributed by atoms with Crippen LogP contribution in [0.4, 0.5) is 34.1 Å². The second-order valence-electron chi connectivity index (χ2n) is 31.4. The molecule has 0 unspecified atom stereocenters. The number of nitrogens with zero attached hydrogens (tertiary/aromatic N) is 2. The minimum atomic E-state index is -0.134. The normalized spacial score (nSPS) is 14.0. The molecule has 454 valence electrons. The lowest BCUT2D eigenvalue weighted by Gasteiger charge is -2.44. The zero-order valence-electron chi connectivity index (χ0n) is 56.2. The number of ether oxygens (including phenoxy) is 1. The summed E-state index contributed by atoms with van der Waals surface area (Å²) in [5.74, 6) is 1.82. The van der Waals surface area contributed by atoms with Crippen LogP contribution in [0, 0.1) is 0 Å². The summed E-state index contributed by atoms with van der Waals surface area (Å²) in [6, 6.07) is 86.5. The summed E-state index contributed by atoms with van der Waals surface area (Å²) in [7, 11) is 0.